The van der Waals surface area contributed by atoms with Gasteiger partial charge in [0.15, 0.2) is 5.13 Å². The van der Waals surface area contributed by atoms with Gasteiger partial charge in [-0.25, -0.2) is 9.78 Å². The van der Waals surface area contributed by atoms with Crippen LogP contribution >= 0.6 is 11.3 Å². The number of urea groups is 1. The Morgan fingerprint density at radius 3 is 2.59 bits per heavy atom. The number of fused-ring (bicyclic) bond motifs is 1. The highest BCUT2D eigenvalue weighted by molar-refractivity contribution is 7.22. The fourth-order valence-corrected chi connectivity index (χ4v) is 4.67. The molecule has 1 aromatic heterocycles. The predicted molar refractivity (Wildman–Crippen MR) is 112 cm³/mol. The molecule has 0 aliphatic carbocycles. The zero-order valence-electron chi connectivity index (χ0n) is 15.7. The number of nitrogens with one attached hydrogen (secondary N) is 1. The summed E-state index contributed by atoms with van der Waals surface area (Å²) in [6, 6.07) is 14.4. The van der Waals surface area contributed by atoms with Crippen molar-refractivity contribution < 1.29 is 4.79 Å². The number of piperazine rings is 1. The van der Waals surface area contributed by atoms with Crippen molar-refractivity contribution in [1.82, 2.24) is 15.2 Å². The smallest absolute Gasteiger partial charge is 0.317 e. The first-order chi connectivity index (χ1) is 13.1. The molecule has 140 valence electrons. The average Bonchev–Trinajstić information content (AvgIpc) is 3.11. The summed E-state index contributed by atoms with van der Waals surface area (Å²) in [6.07, 6.45) is 0. The van der Waals surface area contributed by atoms with Gasteiger partial charge in [-0.05, 0) is 36.6 Å². The predicted octanol–water partition coefficient (Wildman–Crippen LogP) is 3.94. The van der Waals surface area contributed by atoms with Crippen molar-refractivity contribution in [2.75, 3.05) is 31.1 Å². The molecule has 0 atom stereocenters. The van der Waals surface area contributed by atoms with Gasteiger partial charge < -0.3 is 15.1 Å². The molecule has 1 aliphatic rings. The molecule has 2 aromatic carbocycles. The van der Waals surface area contributed by atoms with Crippen molar-refractivity contribution >= 4 is 32.7 Å². The van der Waals surface area contributed by atoms with Crippen LogP contribution in [0.2, 0.25) is 0 Å². The second kappa shape index (κ2) is 7.56. The van der Waals surface area contributed by atoms with Crippen molar-refractivity contribution in [3.63, 3.8) is 0 Å². The van der Waals surface area contributed by atoms with Gasteiger partial charge in [-0.2, -0.15) is 0 Å². The lowest BCUT2D eigenvalue weighted by Crippen LogP contribution is -2.51. The molecule has 0 radical (unpaired) electrons. The topological polar surface area (TPSA) is 48.5 Å². The zero-order valence-corrected chi connectivity index (χ0v) is 16.6. The monoisotopic (exact) mass is 380 g/mol. The van der Waals surface area contributed by atoms with Crippen LogP contribution in [0.1, 0.15) is 16.7 Å². The molecule has 1 aliphatic heterocycles. The van der Waals surface area contributed by atoms with Crippen LogP contribution in [-0.2, 0) is 6.54 Å². The van der Waals surface area contributed by atoms with E-state index in [0.29, 0.717) is 19.6 Å². The van der Waals surface area contributed by atoms with Gasteiger partial charge in [0.2, 0.25) is 0 Å². The van der Waals surface area contributed by atoms with E-state index in [4.69, 9.17) is 4.98 Å². The minimum Gasteiger partial charge on any atom is -0.345 e. The molecule has 1 saturated heterocycles. The van der Waals surface area contributed by atoms with Gasteiger partial charge in [0.25, 0.3) is 0 Å². The van der Waals surface area contributed by atoms with Crippen LogP contribution in [0.5, 0.6) is 0 Å². The van der Waals surface area contributed by atoms with E-state index in [-0.39, 0.29) is 6.03 Å². The SMILES string of the molecule is Cc1cc(C)c2nc(N3CCN(C(=O)NCc4ccccc4)CC3)sc2c1. The van der Waals surface area contributed by atoms with Crippen molar-refractivity contribution in [2.24, 2.45) is 0 Å². The van der Waals surface area contributed by atoms with E-state index >= 15 is 0 Å². The number of hydrogen-bond acceptors (Lipinski definition) is 4. The van der Waals surface area contributed by atoms with E-state index in [2.05, 4.69) is 36.2 Å². The van der Waals surface area contributed by atoms with E-state index in [1.807, 2.05) is 35.2 Å². The number of rotatable bonds is 3. The summed E-state index contributed by atoms with van der Waals surface area (Å²) >= 11 is 1.75. The molecule has 0 saturated carbocycles. The second-order valence-electron chi connectivity index (χ2n) is 7.04. The van der Waals surface area contributed by atoms with E-state index in [1.54, 1.807) is 11.3 Å². The van der Waals surface area contributed by atoms with E-state index in [0.717, 1.165) is 29.3 Å². The molecule has 27 heavy (non-hydrogen) atoms. The van der Waals surface area contributed by atoms with E-state index < -0.39 is 0 Å². The van der Waals surface area contributed by atoms with Gasteiger partial charge in [0.1, 0.15) is 0 Å². The number of nitrogens with zero attached hydrogens (tertiary/aromatic N) is 3. The van der Waals surface area contributed by atoms with Crippen LogP contribution in [-0.4, -0.2) is 42.1 Å². The summed E-state index contributed by atoms with van der Waals surface area (Å²) in [5.41, 5.74) is 4.72. The quantitative estimate of drug-likeness (QED) is 0.749. The fourth-order valence-electron chi connectivity index (χ4n) is 3.48. The van der Waals surface area contributed by atoms with Gasteiger partial charge in [0.05, 0.1) is 10.2 Å². The second-order valence-corrected chi connectivity index (χ2v) is 8.05. The lowest BCUT2D eigenvalue weighted by molar-refractivity contribution is 0.194. The maximum absolute atomic E-state index is 12.4. The van der Waals surface area contributed by atoms with Crippen molar-refractivity contribution in [1.29, 1.82) is 0 Å². The molecule has 0 unspecified atom stereocenters. The molecule has 6 heteroatoms. The van der Waals surface area contributed by atoms with Crippen LogP contribution < -0.4 is 10.2 Å². The van der Waals surface area contributed by atoms with Gasteiger partial charge in [-0.1, -0.05) is 47.7 Å². The molecule has 5 nitrogen and oxygen atoms in total. The highest BCUT2D eigenvalue weighted by atomic mass is 32.1. The Morgan fingerprint density at radius 1 is 1.11 bits per heavy atom. The van der Waals surface area contributed by atoms with Crippen LogP contribution in [0.15, 0.2) is 42.5 Å². The van der Waals surface area contributed by atoms with Gasteiger partial charge in [-0.3, -0.25) is 0 Å². The number of aryl methyl sites for hydroxylation is 2. The van der Waals surface area contributed by atoms with Gasteiger partial charge >= 0.3 is 6.03 Å². The summed E-state index contributed by atoms with van der Waals surface area (Å²) < 4.78 is 1.24. The highest BCUT2D eigenvalue weighted by Gasteiger charge is 2.23. The van der Waals surface area contributed by atoms with Crippen LogP contribution in [0, 0.1) is 13.8 Å². The number of hydrogen-bond donors (Lipinski definition) is 1. The first-order valence-electron chi connectivity index (χ1n) is 9.29. The average molecular weight is 381 g/mol. The molecule has 2 amide bonds. The molecule has 1 fully saturated rings. The standard InChI is InChI=1S/C21H24N4OS/c1-15-12-16(2)19-18(13-15)27-21(23-19)25-10-8-24(9-11-25)20(26)22-14-17-6-4-3-5-7-17/h3-7,12-13H,8-11,14H2,1-2H3,(H,22,26). The van der Waals surface area contributed by atoms with Crippen LogP contribution in [0.4, 0.5) is 9.93 Å². The van der Waals surface area contributed by atoms with Crippen LogP contribution in [0.25, 0.3) is 10.2 Å². The number of carbonyl (C=O) groups is 1. The van der Waals surface area contributed by atoms with Crippen LogP contribution in [0.3, 0.4) is 0 Å². The molecule has 1 N–H and O–H groups in total. The number of carbonyl (C=O) groups excluding carboxylic acids is 1. The minimum atomic E-state index is 0.00859. The lowest BCUT2D eigenvalue weighted by atomic mass is 10.1. The largest absolute Gasteiger partial charge is 0.345 e. The third kappa shape index (κ3) is 3.90. The van der Waals surface area contributed by atoms with Crippen molar-refractivity contribution in [3.8, 4) is 0 Å². The third-order valence-electron chi connectivity index (χ3n) is 4.94. The summed E-state index contributed by atoms with van der Waals surface area (Å²) in [7, 11) is 0. The van der Waals surface area contributed by atoms with Gasteiger partial charge in [-0.15, -0.1) is 0 Å². The Labute approximate surface area is 163 Å². The summed E-state index contributed by atoms with van der Waals surface area (Å²) in [4.78, 5) is 21.5. The maximum Gasteiger partial charge on any atom is 0.317 e. The number of anilines is 1. The summed E-state index contributed by atoms with van der Waals surface area (Å²) in [6.45, 7) is 7.87. The molecule has 2 heterocycles. The fraction of sp³-hybridized carbons (Fsp3) is 0.333. The van der Waals surface area contributed by atoms with E-state index in [9.17, 15) is 4.79 Å². The Hall–Kier alpha value is -2.60. The minimum absolute atomic E-state index is 0.00859. The molecule has 4 rings (SSSR count). The molecular weight excluding hydrogens is 356 g/mol. The number of aromatic nitrogens is 1. The van der Waals surface area contributed by atoms with Crippen molar-refractivity contribution in [3.05, 3.63) is 59.2 Å². The molecule has 0 bridgehead atoms. The first-order valence-corrected chi connectivity index (χ1v) is 10.1. The lowest BCUT2D eigenvalue weighted by Gasteiger charge is -2.34. The highest BCUT2D eigenvalue weighted by Crippen LogP contribution is 2.32. The molecular formula is C21H24N4OS. The summed E-state index contributed by atoms with van der Waals surface area (Å²) in [5, 5.41) is 4.07. The molecule has 3 aromatic rings. The van der Waals surface area contributed by atoms with Crippen molar-refractivity contribution in [2.45, 2.75) is 20.4 Å². The Bertz CT molecular complexity index is 945. The Morgan fingerprint density at radius 2 is 1.85 bits per heavy atom. The number of amides is 2. The number of benzene rings is 2. The van der Waals surface area contributed by atoms with E-state index in [1.165, 1.54) is 15.8 Å². The van der Waals surface area contributed by atoms with Gasteiger partial charge in [0, 0.05) is 32.7 Å². The normalized spacial score (nSPS) is 14.6. The third-order valence-corrected chi connectivity index (χ3v) is 6.01. The summed E-state index contributed by atoms with van der Waals surface area (Å²) in [5.74, 6) is 0. The Balaban J connectivity index is 1.36. The molecule has 0 spiro atoms. The maximum atomic E-state index is 12.4. The zero-order chi connectivity index (χ0) is 18.8. The Kier molecular flexibility index (Phi) is 4.99. The number of thiazole rings is 1. The first kappa shape index (κ1) is 17.8.